The largest absolute Gasteiger partial charge is 0.451 e. The Hall–Kier alpha value is -4.43. The van der Waals surface area contributed by atoms with E-state index in [1.54, 1.807) is 67.6 Å². The lowest BCUT2D eigenvalue weighted by molar-refractivity contribution is -0.122. The average Bonchev–Trinajstić information content (AvgIpc) is 3.26. The molecule has 0 radical (unpaired) electrons. The van der Waals surface area contributed by atoms with Crippen molar-refractivity contribution in [1.82, 2.24) is 4.98 Å². The van der Waals surface area contributed by atoms with Crippen LogP contribution in [-0.2, 0) is 14.3 Å². The zero-order valence-electron chi connectivity index (χ0n) is 23.0. The van der Waals surface area contributed by atoms with Crippen LogP contribution in [0, 0.1) is 18.8 Å². The van der Waals surface area contributed by atoms with E-state index in [-0.39, 0.29) is 35.0 Å². The van der Waals surface area contributed by atoms with Crippen molar-refractivity contribution < 1.29 is 23.9 Å². The van der Waals surface area contributed by atoms with Crippen LogP contribution in [0.3, 0.4) is 0 Å². The molecule has 0 saturated carbocycles. The van der Waals surface area contributed by atoms with Crippen molar-refractivity contribution in [3.63, 3.8) is 0 Å². The highest BCUT2D eigenvalue weighted by atomic mass is 79.9. The summed E-state index contributed by atoms with van der Waals surface area (Å²) in [4.78, 5) is 58.6. The second kappa shape index (κ2) is 11.1. The summed E-state index contributed by atoms with van der Waals surface area (Å²) in [7, 11) is 0. The first-order chi connectivity index (χ1) is 20.2. The fourth-order valence-corrected chi connectivity index (χ4v) is 6.30. The van der Waals surface area contributed by atoms with E-state index in [1.807, 2.05) is 31.2 Å². The van der Waals surface area contributed by atoms with Crippen molar-refractivity contribution in [2.45, 2.75) is 32.8 Å². The number of hydrogen-bond donors (Lipinski definition) is 0. The fourth-order valence-electron chi connectivity index (χ4n) is 5.72. The number of nitrogens with zero attached hydrogens (tertiary/aromatic N) is 2. The zero-order chi connectivity index (χ0) is 29.5. The minimum absolute atomic E-state index is 0.170. The second-order valence-corrected chi connectivity index (χ2v) is 11.6. The highest BCUT2D eigenvalue weighted by molar-refractivity contribution is 9.10. The molecule has 42 heavy (non-hydrogen) atoms. The summed E-state index contributed by atoms with van der Waals surface area (Å²) < 4.78 is 6.45. The molecule has 3 atom stereocenters. The van der Waals surface area contributed by atoms with Crippen LogP contribution in [0.2, 0.25) is 0 Å². The van der Waals surface area contributed by atoms with Gasteiger partial charge in [-0.1, -0.05) is 70.5 Å². The molecule has 6 rings (SSSR count). The van der Waals surface area contributed by atoms with Gasteiger partial charge in [-0.3, -0.25) is 19.3 Å². The molecule has 2 aliphatic rings. The Morgan fingerprint density at radius 3 is 2.21 bits per heavy atom. The van der Waals surface area contributed by atoms with Crippen LogP contribution in [-0.4, -0.2) is 34.7 Å². The maximum Gasteiger partial charge on any atom is 0.339 e. The van der Waals surface area contributed by atoms with Gasteiger partial charge in [-0.15, -0.1) is 0 Å². The van der Waals surface area contributed by atoms with Crippen molar-refractivity contribution in [3.05, 3.63) is 106 Å². The summed E-state index contributed by atoms with van der Waals surface area (Å²) >= 11 is 3.51. The van der Waals surface area contributed by atoms with Gasteiger partial charge in [-0.05, 0) is 62.6 Å². The smallest absolute Gasteiger partial charge is 0.339 e. The van der Waals surface area contributed by atoms with Gasteiger partial charge in [0.2, 0.25) is 17.6 Å². The number of Topliss-reactive ketones (excluding diaryl/α,β-unsaturated/α-hetero) is 1. The molecule has 1 aliphatic heterocycles. The standard InChI is InChI=1S/C34H27BrN2O5/c1-19-16-23(35)17-27-28(34(41)42-20(2)31(38)22-8-4-3-5-9-22)18-29(36-30(19)27)21-12-14-24(15-13-21)37-32(39)25-10-6-7-11-26(25)33(37)40/h3-9,12-18,20,25-26H,10-11H2,1-2H3. The number of aromatic nitrogens is 1. The maximum absolute atomic E-state index is 13.5. The Labute approximate surface area is 251 Å². The first-order valence-corrected chi connectivity index (χ1v) is 14.6. The third-order valence-electron chi connectivity index (χ3n) is 7.93. The number of aryl methyl sites for hydroxylation is 1. The number of fused-ring (bicyclic) bond motifs is 2. The average molecular weight is 624 g/mol. The van der Waals surface area contributed by atoms with Gasteiger partial charge in [0, 0.05) is 21.0 Å². The highest BCUT2D eigenvalue weighted by Gasteiger charge is 2.47. The Morgan fingerprint density at radius 1 is 0.929 bits per heavy atom. The van der Waals surface area contributed by atoms with E-state index >= 15 is 0 Å². The van der Waals surface area contributed by atoms with E-state index < -0.39 is 12.1 Å². The van der Waals surface area contributed by atoms with Crippen LogP contribution in [0.25, 0.3) is 22.2 Å². The van der Waals surface area contributed by atoms with Gasteiger partial charge < -0.3 is 4.74 Å². The van der Waals surface area contributed by atoms with Gasteiger partial charge in [-0.2, -0.15) is 0 Å². The van der Waals surface area contributed by atoms with Crippen molar-refractivity contribution in [2.75, 3.05) is 4.90 Å². The van der Waals surface area contributed by atoms with Gasteiger partial charge >= 0.3 is 5.97 Å². The molecule has 0 spiro atoms. The molecular formula is C34H27BrN2O5. The Balaban J connectivity index is 1.33. The van der Waals surface area contributed by atoms with Crippen molar-refractivity contribution in [2.24, 2.45) is 11.8 Å². The number of carbonyl (C=O) groups excluding carboxylic acids is 4. The van der Waals surface area contributed by atoms with Crippen molar-refractivity contribution >= 4 is 56.1 Å². The van der Waals surface area contributed by atoms with E-state index in [2.05, 4.69) is 15.9 Å². The number of anilines is 1. The summed E-state index contributed by atoms with van der Waals surface area (Å²) in [6.07, 6.45) is 4.09. The number of hydrogen-bond acceptors (Lipinski definition) is 6. The van der Waals surface area contributed by atoms with Crippen LogP contribution in [0.5, 0.6) is 0 Å². The molecular weight excluding hydrogens is 596 g/mol. The van der Waals surface area contributed by atoms with E-state index in [4.69, 9.17) is 9.72 Å². The molecule has 3 unspecified atom stereocenters. The fraction of sp³-hybridized carbons (Fsp3) is 0.206. The molecule has 1 saturated heterocycles. The molecule has 210 valence electrons. The lowest BCUT2D eigenvalue weighted by Crippen LogP contribution is -2.30. The number of amides is 2. The van der Waals surface area contributed by atoms with E-state index in [0.29, 0.717) is 46.3 Å². The molecule has 3 aromatic carbocycles. The molecule has 0 bridgehead atoms. The van der Waals surface area contributed by atoms with E-state index in [9.17, 15) is 19.2 Å². The Bertz CT molecular complexity index is 1760. The Kier molecular flexibility index (Phi) is 7.33. The molecule has 0 N–H and O–H groups in total. The molecule has 1 aromatic heterocycles. The molecule has 2 amide bonds. The number of carbonyl (C=O) groups is 4. The Morgan fingerprint density at radius 2 is 1.57 bits per heavy atom. The van der Waals surface area contributed by atoms with Gasteiger partial charge in [0.15, 0.2) is 6.10 Å². The summed E-state index contributed by atoms with van der Waals surface area (Å²) in [5.41, 5.74) is 3.94. The molecule has 4 aromatic rings. The van der Waals surface area contributed by atoms with E-state index in [0.717, 1.165) is 10.0 Å². The number of ether oxygens (including phenoxy) is 1. The monoisotopic (exact) mass is 622 g/mol. The second-order valence-electron chi connectivity index (χ2n) is 10.7. The number of allylic oxidation sites excluding steroid dienone is 2. The lowest BCUT2D eigenvalue weighted by atomic mass is 9.85. The molecule has 8 heteroatoms. The first kappa shape index (κ1) is 27.7. The van der Waals surface area contributed by atoms with Gasteiger partial charge in [0.25, 0.3) is 0 Å². The summed E-state index contributed by atoms with van der Waals surface area (Å²) in [5.74, 6) is -1.89. The minimum Gasteiger partial charge on any atom is -0.451 e. The normalized spacial score (nSPS) is 18.7. The van der Waals surface area contributed by atoms with Crippen LogP contribution in [0.15, 0.2) is 89.4 Å². The topological polar surface area (TPSA) is 93.6 Å². The molecule has 1 aliphatic carbocycles. The first-order valence-electron chi connectivity index (χ1n) is 13.8. The zero-order valence-corrected chi connectivity index (χ0v) is 24.6. The van der Waals surface area contributed by atoms with E-state index in [1.165, 1.54) is 4.90 Å². The van der Waals surface area contributed by atoms with Gasteiger partial charge in [0.1, 0.15) is 0 Å². The number of ketones is 1. The number of pyridine rings is 1. The molecule has 1 fully saturated rings. The van der Waals surface area contributed by atoms with Gasteiger partial charge in [0.05, 0.1) is 34.3 Å². The number of esters is 1. The molecule has 2 heterocycles. The highest BCUT2D eigenvalue weighted by Crippen LogP contribution is 2.38. The van der Waals surface area contributed by atoms with Crippen LogP contribution in [0.4, 0.5) is 5.69 Å². The summed E-state index contributed by atoms with van der Waals surface area (Å²) in [6, 6.07) is 21.1. The number of rotatable bonds is 6. The maximum atomic E-state index is 13.5. The number of imide groups is 1. The summed E-state index contributed by atoms with van der Waals surface area (Å²) in [6.45, 7) is 3.47. The minimum atomic E-state index is -0.992. The van der Waals surface area contributed by atoms with Crippen molar-refractivity contribution in [1.29, 1.82) is 0 Å². The quantitative estimate of drug-likeness (QED) is 0.101. The van der Waals surface area contributed by atoms with Crippen molar-refractivity contribution in [3.8, 4) is 11.3 Å². The van der Waals surface area contributed by atoms with Gasteiger partial charge in [-0.25, -0.2) is 9.78 Å². The SMILES string of the molecule is Cc1cc(Br)cc2c(C(=O)OC(C)C(=O)c3ccccc3)cc(-c3ccc(N4C(=O)C5CC=CCC5C4=O)cc3)nc12. The molecule has 7 nitrogen and oxygen atoms in total. The third-order valence-corrected chi connectivity index (χ3v) is 8.39. The lowest BCUT2D eigenvalue weighted by Gasteiger charge is -2.17. The van der Waals surface area contributed by atoms with Crippen LogP contribution >= 0.6 is 15.9 Å². The third kappa shape index (κ3) is 4.96. The predicted molar refractivity (Wildman–Crippen MR) is 163 cm³/mol. The number of benzene rings is 3. The van der Waals surface area contributed by atoms with Crippen LogP contribution < -0.4 is 4.90 Å². The van der Waals surface area contributed by atoms with Crippen LogP contribution in [0.1, 0.15) is 46.0 Å². The predicted octanol–water partition coefficient (Wildman–Crippen LogP) is 6.86. The summed E-state index contributed by atoms with van der Waals surface area (Å²) in [5, 5.41) is 0.594. The number of halogens is 1.